The molecule has 0 atom stereocenters. The minimum atomic E-state index is -3.58. The van der Waals surface area contributed by atoms with Crippen molar-refractivity contribution in [2.24, 2.45) is 5.14 Å². The van der Waals surface area contributed by atoms with Gasteiger partial charge in [-0.15, -0.1) is 0 Å². The molecule has 3 heterocycles. The van der Waals surface area contributed by atoms with Crippen molar-refractivity contribution in [1.82, 2.24) is 24.2 Å². The van der Waals surface area contributed by atoms with Crippen LogP contribution in [0.5, 0.6) is 0 Å². The van der Waals surface area contributed by atoms with Gasteiger partial charge < -0.3 is 0 Å². The summed E-state index contributed by atoms with van der Waals surface area (Å²) in [5.41, 5.74) is 4.65. The third kappa shape index (κ3) is 4.11. The van der Waals surface area contributed by atoms with Gasteiger partial charge in [-0.2, -0.15) is 12.7 Å². The molecule has 3 aromatic rings. The highest BCUT2D eigenvalue weighted by Gasteiger charge is 2.23. The average Bonchev–Trinajstić information content (AvgIpc) is 2.68. The Morgan fingerprint density at radius 1 is 0.926 bits per heavy atom. The minimum absolute atomic E-state index is 0.431. The van der Waals surface area contributed by atoms with Crippen LogP contribution < -0.4 is 5.14 Å². The molecule has 4 rings (SSSR count). The Hall–Kier alpha value is -2.46. The van der Waals surface area contributed by atoms with Crippen LogP contribution in [0.4, 0.5) is 0 Å². The Bertz CT molecular complexity index is 1050. The summed E-state index contributed by atoms with van der Waals surface area (Å²) in [7, 11) is -3.58. The first-order valence-electron chi connectivity index (χ1n) is 8.65. The Morgan fingerprint density at radius 2 is 1.63 bits per heavy atom. The zero-order valence-corrected chi connectivity index (χ0v) is 15.5. The molecule has 140 valence electrons. The van der Waals surface area contributed by atoms with Gasteiger partial charge >= 0.3 is 0 Å². The molecule has 8 nitrogen and oxygen atoms in total. The summed E-state index contributed by atoms with van der Waals surface area (Å²) in [6.45, 7) is 2.98. The SMILES string of the molecule is NS(=O)(=O)N1CCN(Cc2ccc(-c3cnc4nccnc4c3)cc2)CC1. The fourth-order valence-electron chi connectivity index (χ4n) is 3.22. The molecule has 0 spiro atoms. The highest BCUT2D eigenvalue weighted by molar-refractivity contribution is 7.86. The smallest absolute Gasteiger partial charge is 0.276 e. The van der Waals surface area contributed by atoms with Crippen molar-refractivity contribution in [1.29, 1.82) is 0 Å². The first kappa shape index (κ1) is 17.9. The van der Waals surface area contributed by atoms with Crippen LogP contribution >= 0.6 is 0 Å². The fourth-order valence-corrected chi connectivity index (χ4v) is 3.89. The van der Waals surface area contributed by atoms with Crippen LogP contribution in [0.15, 0.2) is 48.9 Å². The summed E-state index contributed by atoms with van der Waals surface area (Å²) in [4.78, 5) is 15.1. The molecule has 1 saturated heterocycles. The Balaban J connectivity index is 1.43. The predicted octanol–water partition coefficient (Wildman–Crippen LogP) is 1.01. The molecule has 0 radical (unpaired) electrons. The maximum atomic E-state index is 11.4. The van der Waals surface area contributed by atoms with E-state index < -0.39 is 10.2 Å². The molecule has 1 fully saturated rings. The standard InChI is InChI=1S/C18H20N6O2S/c19-27(25,26)24-9-7-23(8-10-24)13-14-1-3-15(4-2-14)16-11-17-18(22-12-16)21-6-5-20-17/h1-6,11-12H,7-10,13H2,(H2,19,25,26). The molecule has 27 heavy (non-hydrogen) atoms. The van der Waals surface area contributed by atoms with Crippen molar-refractivity contribution in [2.75, 3.05) is 26.2 Å². The largest absolute Gasteiger partial charge is 0.296 e. The summed E-state index contributed by atoms with van der Waals surface area (Å²) >= 11 is 0. The van der Waals surface area contributed by atoms with Gasteiger partial charge in [0, 0.05) is 56.9 Å². The maximum absolute atomic E-state index is 11.4. The van der Waals surface area contributed by atoms with Crippen molar-refractivity contribution in [3.8, 4) is 11.1 Å². The number of nitrogens with zero attached hydrogens (tertiary/aromatic N) is 5. The Kier molecular flexibility index (Phi) is 4.83. The number of benzene rings is 1. The lowest BCUT2D eigenvalue weighted by Gasteiger charge is -2.32. The number of hydrogen-bond acceptors (Lipinski definition) is 6. The van der Waals surface area contributed by atoms with Crippen molar-refractivity contribution >= 4 is 21.4 Å². The first-order valence-corrected chi connectivity index (χ1v) is 10.2. The molecule has 2 aromatic heterocycles. The topological polar surface area (TPSA) is 105 Å². The second-order valence-electron chi connectivity index (χ2n) is 6.54. The van der Waals surface area contributed by atoms with Crippen molar-refractivity contribution < 1.29 is 8.42 Å². The lowest BCUT2D eigenvalue weighted by molar-refractivity contribution is 0.181. The summed E-state index contributed by atoms with van der Waals surface area (Å²) in [5.74, 6) is 0. The summed E-state index contributed by atoms with van der Waals surface area (Å²) in [6.07, 6.45) is 5.09. The quantitative estimate of drug-likeness (QED) is 0.720. The second kappa shape index (κ2) is 7.28. The molecule has 0 amide bonds. The van der Waals surface area contributed by atoms with Crippen molar-refractivity contribution in [3.63, 3.8) is 0 Å². The van der Waals surface area contributed by atoms with Gasteiger partial charge in [-0.3, -0.25) is 9.88 Å². The molecule has 1 aliphatic rings. The maximum Gasteiger partial charge on any atom is 0.276 e. The van der Waals surface area contributed by atoms with Crippen LogP contribution in [0.2, 0.25) is 0 Å². The molecular weight excluding hydrogens is 364 g/mol. The van der Waals surface area contributed by atoms with E-state index in [4.69, 9.17) is 5.14 Å². The monoisotopic (exact) mass is 384 g/mol. The van der Waals surface area contributed by atoms with Crippen LogP contribution in [0.25, 0.3) is 22.3 Å². The molecule has 0 bridgehead atoms. The van der Waals surface area contributed by atoms with Gasteiger partial charge in [0.25, 0.3) is 10.2 Å². The number of hydrogen-bond donors (Lipinski definition) is 1. The van der Waals surface area contributed by atoms with Crippen LogP contribution in [0.3, 0.4) is 0 Å². The molecule has 2 N–H and O–H groups in total. The van der Waals surface area contributed by atoms with E-state index >= 15 is 0 Å². The number of rotatable bonds is 4. The predicted molar refractivity (Wildman–Crippen MR) is 103 cm³/mol. The third-order valence-corrected chi connectivity index (χ3v) is 5.79. The van der Waals surface area contributed by atoms with E-state index in [1.54, 1.807) is 18.6 Å². The molecule has 0 saturated carbocycles. The first-order chi connectivity index (χ1) is 13.0. The number of pyridine rings is 1. The third-order valence-electron chi connectivity index (χ3n) is 4.71. The van der Waals surface area contributed by atoms with E-state index in [0.717, 1.165) is 23.2 Å². The van der Waals surface area contributed by atoms with Gasteiger partial charge in [-0.25, -0.2) is 15.1 Å². The van der Waals surface area contributed by atoms with E-state index in [0.29, 0.717) is 31.8 Å². The molecule has 1 aromatic carbocycles. The van der Waals surface area contributed by atoms with Gasteiger partial charge in [-0.05, 0) is 17.2 Å². The van der Waals surface area contributed by atoms with E-state index in [2.05, 4.69) is 44.1 Å². The highest BCUT2D eigenvalue weighted by atomic mass is 32.2. The Morgan fingerprint density at radius 3 is 2.33 bits per heavy atom. The van der Waals surface area contributed by atoms with E-state index in [1.165, 1.54) is 9.87 Å². The van der Waals surface area contributed by atoms with Crippen LogP contribution in [0, 0.1) is 0 Å². The Labute approximate surface area is 157 Å². The van der Waals surface area contributed by atoms with Crippen LogP contribution in [-0.4, -0.2) is 58.8 Å². The van der Waals surface area contributed by atoms with Crippen molar-refractivity contribution in [2.45, 2.75) is 6.54 Å². The van der Waals surface area contributed by atoms with E-state index in [9.17, 15) is 8.42 Å². The number of piperazine rings is 1. The zero-order valence-electron chi connectivity index (χ0n) is 14.7. The lowest BCUT2D eigenvalue weighted by Crippen LogP contribution is -2.50. The second-order valence-corrected chi connectivity index (χ2v) is 8.09. The molecule has 0 aliphatic carbocycles. The van der Waals surface area contributed by atoms with E-state index in [-0.39, 0.29) is 0 Å². The van der Waals surface area contributed by atoms with Gasteiger partial charge in [0.2, 0.25) is 0 Å². The van der Waals surface area contributed by atoms with Gasteiger partial charge in [0.05, 0.1) is 0 Å². The summed E-state index contributed by atoms with van der Waals surface area (Å²) in [6, 6.07) is 10.3. The van der Waals surface area contributed by atoms with Crippen molar-refractivity contribution in [3.05, 3.63) is 54.5 Å². The lowest BCUT2D eigenvalue weighted by atomic mass is 10.0. The normalized spacial score (nSPS) is 16.6. The number of aromatic nitrogens is 3. The fraction of sp³-hybridized carbons (Fsp3) is 0.278. The summed E-state index contributed by atoms with van der Waals surface area (Å²) < 4.78 is 24.1. The zero-order chi connectivity index (χ0) is 18.9. The molecule has 9 heteroatoms. The molecular formula is C18H20N6O2S. The van der Waals surface area contributed by atoms with Crippen LogP contribution in [0.1, 0.15) is 5.56 Å². The summed E-state index contributed by atoms with van der Waals surface area (Å²) in [5, 5.41) is 5.18. The van der Waals surface area contributed by atoms with Gasteiger partial charge in [0.15, 0.2) is 5.65 Å². The number of fused-ring (bicyclic) bond motifs is 1. The molecule has 1 aliphatic heterocycles. The highest BCUT2D eigenvalue weighted by Crippen LogP contribution is 2.22. The van der Waals surface area contributed by atoms with E-state index in [1.807, 2.05) is 6.07 Å². The van der Waals surface area contributed by atoms with Gasteiger partial charge in [-0.1, -0.05) is 24.3 Å². The van der Waals surface area contributed by atoms with Crippen LogP contribution in [-0.2, 0) is 16.8 Å². The number of nitrogens with two attached hydrogens (primary N) is 1. The van der Waals surface area contributed by atoms with Gasteiger partial charge in [0.1, 0.15) is 5.52 Å². The minimum Gasteiger partial charge on any atom is -0.296 e. The molecule has 0 unspecified atom stereocenters. The average molecular weight is 384 g/mol.